The van der Waals surface area contributed by atoms with Crippen molar-refractivity contribution in [2.75, 3.05) is 12.4 Å². The van der Waals surface area contributed by atoms with Gasteiger partial charge in [-0.15, -0.1) is 11.8 Å². The van der Waals surface area contributed by atoms with Gasteiger partial charge >= 0.3 is 5.69 Å². The SMILES string of the molecule is CC(C)Cn1c(=O)c2c(SCCCO)nc(Cc3ccccc3Cl)nc2n(CC(C)C)c1=O. The Hall–Kier alpha value is -2.16. The molecule has 0 fully saturated rings. The second kappa shape index (κ2) is 11.3. The average molecular weight is 491 g/mol. The summed E-state index contributed by atoms with van der Waals surface area (Å²) in [5.41, 5.74) is 0.529. The first kappa shape index (κ1) is 25.5. The zero-order valence-corrected chi connectivity index (χ0v) is 21.1. The first-order chi connectivity index (χ1) is 15.7. The van der Waals surface area contributed by atoms with Crippen molar-refractivity contribution in [3.8, 4) is 0 Å². The molecule has 0 aliphatic rings. The second-order valence-corrected chi connectivity index (χ2v) is 10.4. The highest BCUT2D eigenvalue weighted by Crippen LogP contribution is 2.25. The molecule has 3 aromatic rings. The Balaban J connectivity index is 2.30. The quantitative estimate of drug-likeness (QED) is 0.262. The minimum Gasteiger partial charge on any atom is -0.396 e. The third-order valence-electron chi connectivity index (χ3n) is 5.02. The number of nitrogens with zero attached hydrogens (tertiary/aromatic N) is 4. The summed E-state index contributed by atoms with van der Waals surface area (Å²) in [5, 5.41) is 10.8. The number of aromatic nitrogens is 4. The molecule has 1 aromatic carbocycles. The van der Waals surface area contributed by atoms with Crippen LogP contribution in [0.1, 0.15) is 45.5 Å². The Morgan fingerprint density at radius 2 is 1.70 bits per heavy atom. The highest BCUT2D eigenvalue weighted by atomic mass is 35.5. The van der Waals surface area contributed by atoms with Crippen LogP contribution in [0.3, 0.4) is 0 Å². The lowest BCUT2D eigenvalue weighted by molar-refractivity contribution is 0.296. The maximum Gasteiger partial charge on any atom is 0.332 e. The summed E-state index contributed by atoms with van der Waals surface area (Å²) in [6.07, 6.45) is 0.954. The molecule has 0 saturated heterocycles. The smallest absolute Gasteiger partial charge is 0.332 e. The van der Waals surface area contributed by atoms with Crippen molar-refractivity contribution in [3.63, 3.8) is 0 Å². The van der Waals surface area contributed by atoms with Crippen LogP contribution < -0.4 is 11.2 Å². The lowest BCUT2D eigenvalue weighted by Gasteiger charge is -2.18. The third-order valence-corrected chi connectivity index (χ3v) is 6.45. The fourth-order valence-electron chi connectivity index (χ4n) is 3.60. The average Bonchev–Trinajstić information content (AvgIpc) is 2.75. The molecule has 0 radical (unpaired) electrons. The largest absolute Gasteiger partial charge is 0.396 e. The number of thioether (sulfide) groups is 1. The van der Waals surface area contributed by atoms with Crippen LogP contribution in [0, 0.1) is 11.8 Å². The van der Waals surface area contributed by atoms with Gasteiger partial charge in [0.25, 0.3) is 5.56 Å². The highest BCUT2D eigenvalue weighted by Gasteiger charge is 2.21. The first-order valence-electron chi connectivity index (χ1n) is 11.2. The molecule has 33 heavy (non-hydrogen) atoms. The Kier molecular flexibility index (Phi) is 8.73. The molecular formula is C24H31ClN4O3S. The van der Waals surface area contributed by atoms with E-state index in [0.717, 1.165) is 5.56 Å². The molecule has 0 aliphatic carbocycles. The van der Waals surface area contributed by atoms with Crippen LogP contribution in [0.15, 0.2) is 38.9 Å². The molecule has 0 amide bonds. The van der Waals surface area contributed by atoms with E-state index in [4.69, 9.17) is 21.6 Å². The standard InChI is InChI=1S/C24H31ClN4O3S/c1-15(2)13-28-21-20(23(31)29(24(28)32)14-16(3)4)22(33-11-7-10-30)27-19(26-21)12-17-8-5-6-9-18(17)25/h5-6,8-9,15-16,30H,7,10-14H2,1-4H3. The Morgan fingerprint density at radius 1 is 1.03 bits per heavy atom. The molecule has 2 aromatic heterocycles. The molecule has 0 unspecified atom stereocenters. The number of benzene rings is 1. The minimum absolute atomic E-state index is 0.0537. The Morgan fingerprint density at radius 3 is 2.33 bits per heavy atom. The van der Waals surface area contributed by atoms with Crippen molar-refractivity contribution in [2.45, 2.75) is 58.7 Å². The van der Waals surface area contributed by atoms with Crippen molar-refractivity contribution in [1.82, 2.24) is 19.1 Å². The van der Waals surface area contributed by atoms with Crippen LogP contribution in [0.2, 0.25) is 5.02 Å². The Labute approximate surface area is 202 Å². The van der Waals surface area contributed by atoms with Crippen LogP contribution in [-0.4, -0.2) is 36.6 Å². The number of halogens is 1. The van der Waals surface area contributed by atoms with Gasteiger partial charge in [-0.05, 0) is 29.9 Å². The van der Waals surface area contributed by atoms with Gasteiger partial charge in [0.15, 0.2) is 5.65 Å². The second-order valence-electron chi connectivity index (χ2n) is 8.93. The van der Waals surface area contributed by atoms with E-state index in [-0.39, 0.29) is 29.7 Å². The number of rotatable bonds is 10. The summed E-state index contributed by atoms with van der Waals surface area (Å²) in [5.74, 6) is 1.41. The van der Waals surface area contributed by atoms with Gasteiger partial charge in [0.2, 0.25) is 0 Å². The molecule has 3 rings (SSSR count). The number of fused-ring (bicyclic) bond motifs is 1. The van der Waals surface area contributed by atoms with Crippen LogP contribution in [0.4, 0.5) is 0 Å². The Bertz CT molecular complexity index is 1240. The summed E-state index contributed by atoms with van der Waals surface area (Å²) in [7, 11) is 0. The van der Waals surface area contributed by atoms with Gasteiger partial charge in [-0.3, -0.25) is 13.9 Å². The molecule has 9 heteroatoms. The molecule has 0 atom stereocenters. The van der Waals surface area contributed by atoms with Gasteiger partial charge in [-0.25, -0.2) is 14.8 Å². The van der Waals surface area contributed by atoms with E-state index < -0.39 is 0 Å². The van der Waals surface area contributed by atoms with Crippen molar-refractivity contribution in [2.24, 2.45) is 11.8 Å². The summed E-state index contributed by atoms with van der Waals surface area (Å²) >= 11 is 7.76. The van der Waals surface area contributed by atoms with E-state index in [2.05, 4.69) is 0 Å². The van der Waals surface area contributed by atoms with Crippen molar-refractivity contribution < 1.29 is 5.11 Å². The predicted molar refractivity (Wildman–Crippen MR) is 134 cm³/mol. The van der Waals surface area contributed by atoms with Crippen LogP contribution >= 0.6 is 23.4 Å². The van der Waals surface area contributed by atoms with E-state index in [0.29, 0.717) is 58.6 Å². The lowest BCUT2D eigenvalue weighted by Crippen LogP contribution is -2.42. The van der Waals surface area contributed by atoms with Gasteiger partial charge in [0.05, 0.1) is 0 Å². The van der Waals surface area contributed by atoms with Gasteiger partial charge in [0.1, 0.15) is 16.2 Å². The molecule has 0 bridgehead atoms. The molecule has 1 N–H and O–H groups in total. The molecule has 0 saturated carbocycles. The summed E-state index contributed by atoms with van der Waals surface area (Å²) in [4.78, 5) is 36.3. The summed E-state index contributed by atoms with van der Waals surface area (Å²) in [6.45, 7) is 8.83. The minimum atomic E-state index is -0.362. The topological polar surface area (TPSA) is 90.0 Å². The molecule has 0 aliphatic heterocycles. The number of aliphatic hydroxyl groups is 1. The number of hydrogen-bond acceptors (Lipinski definition) is 6. The predicted octanol–water partition coefficient (Wildman–Crippen LogP) is 3.98. The molecule has 7 nitrogen and oxygen atoms in total. The van der Waals surface area contributed by atoms with E-state index in [1.54, 1.807) is 4.57 Å². The maximum atomic E-state index is 13.5. The normalized spacial score (nSPS) is 11.8. The molecule has 178 valence electrons. The third kappa shape index (κ3) is 6.05. The van der Waals surface area contributed by atoms with E-state index in [9.17, 15) is 14.7 Å². The zero-order chi connectivity index (χ0) is 24.1. The summed E-state index contributed by atoms with van der Waals surface area (Å²) in [6, 6.07) is 7.49. The highest BCUT2D eigenvalue weighted by molar-refractivity contribution is 7.99. The van der Waals surface area contributed by atoms with Crippen molar-refractivity contribution in [3.05, 3.63) is 61.5 Å². The van der Waals surface area contributed by atoms with Crippen molar-refractivity contribution >= 4 is 34.4 Å². The van der Waals surface area contributed by atoms with Crippen molar-refractivity contribution in [1.29, 1.82) is 0 Å². The van der Waals surface area contributed by atoms with Gasteiger partial charge < -0.3 is 5.11 Å². The molecule has 0 spiro atoms. The van der Waals surface area contributed by atoms with Gasteiger partial charge in [-0.1, -0.05) is 57.5 Å². The van der Waals surface area contributed by atoms with Crippen LogP contribution in [0.5, 0.6) is 0 Å². The lowest BCUT2D eigenvalue weighted by atomic mass is 10.1. The van der Waals surface area contributed by atoms with Gasteiger partial charge in [0, 0.05) is 36.9 Å². The maximum absolute atomic E-state index is 13.5. The zero-order valence-electron chi connectivity index (χ0n) is 19.5. The molecular weight excluding hydrogens is 460 g/mol. The van der Waals surface area contributed by atoms with E-state index in [1.165, 1.54) is 16.3 Å². The number of hydrogen-bond donors (Lipinski definition) is 1. The van der Waals surface area contributed by atoms with Gasteiger partial charge in [-0.2, -0.15) is 0 Å². The van der Waals surface area contributed by atoms with Crippen LogP contribution in [0.25, 0.3) is 11.0 Å². The molecule has 2 heterocycles. The summed E-state index contributed by atoms with van der Waals surface area (Å²) < 4.78 is 2.92. The monoisotopic (exact) mass is 490 g/mol. The van der Waals surface area contributed by atoms with E-state index >= 15 is 0 Å². The first-order valence-corrected chi connectivity index (χ1v) is 12.6. The number of aliphatic hydroxyl groups excluding tert-OH is 1. The van der Waals surface area contributed by atoms with E-state index in [1.807, 2.05) is 52.0 Å². The van der Waals surface area contributed by atoms with Crippen LogP contribution in [-0.2, 0) is 19.5 Å². The fraction of sp³-hybridized carbons (Fsp3) is 0.500. The fourth-order valence-corrected chi connectivity index (χ4v) is 4.76.